The molecular weight excluding hydrogens is 250 g/mol. The van der Waals surface area contributed by atoms with Crippen LogP contribution in [0.1, 0.15) is 54.4 Å². The minimum absolute atomic E-state index is 0.377. The Kier molecular flexibility index (Phi) is 4.06. The Morgan fingerprint density at radius 2 is 1.80 bits per heavy atom. The highest BCUT2D eigenvalue weighted by Crippen LogP contribution is 2.36. The average molecular weight is 273 g/mol. The van der Waals surface area contributed by atoms with Gasteiger partial charge in [-0.1, -0.05) is 25.0 Å². The van der Waals surface area contributed by atoms with Crippen molar-refractivity contribution < 1.29 is 9.90 Å². The Morgan fingerprint density at radius 1 is 1.10 bits per heavy atom. The largest absolute Gasteiger partial charge is 0.478 e. The maximum absolute atomic E-state index is 10.9. The van der Waals surface area contributed by atoms with Gasteiger partial charge in [-0.2, -0.15) is 0 Å². The van der Waals surface area contributed by atoms with Crippen molar-refractivity contribution in [2.75, 3.05) is 6.54 Å². The number of carboxylic acid groups (broad SMARTS) is 1. The van der Waals surface area contributed by atoms with Crippen LogP contribution in [0.4, 0.5) is 0 Å². The van der Waals surface area contributed by atoms with Crippen LogP contribution in [-0.4, -0.2) is 28.6 Å². The Bertz CT molecular complexity index is 462. The molecule has 1 aromatic rings. The van der Waals surface area contributed by atoms with Gasteiger partial charge in [0.2, 0.25) is 0 Å². The van der Waals surface area contributed by atoms with Gasteiger partial charge in [-0.25, -0.2) is 4.79 Å². The van der Waals surface area contributed by atoms with Crippen LogP contribution in [0.25, 0.3) is 0 Å². The van der Waals surface area contributed by atoms with Crippen molar-refractivity contribution in [3.05, 3.63) is 35.4 Å². The highest BCUT2D eigenvalue weighted by atomic mass is 16.4. The van der Waals surface area contributed by atoms with Gasteiger partial charge in [-0.3, -0.25) is 4.90 Å². The summed E-state index contributed by atoms with van der Waals surface area (Å²) in [5, 5.41) is 8.94. The van der Waals surface area contributed by atoms with E-state index in [1.807, 2.05) is 12.1 Å². The van der Waals surface area contributed by atoms with Gasteiger partial charge in [0.15, 0.2) is 0 Å². The van der Waals surface area contributed by atoms with Crippen molar-refractivity contribution in [3.8, 4) is 0 Å². The van der Waals surface area contributed by atoms with Gasteiger partial charge in [0.25, 0.3) is 0 Å². The molecule has 1 saturated heterocycles. The molecule has 3 heteroatoms. The molecule has 0 bridgehead atoms. The first-order valence-corrected chi connectivity index (χ1v) is 7.80. The number of hydrogen-bond donors (Lipinski definition) is 1. The molecule has 1 aromatic carbocycles. The molecule has 1 atom stereocenters. The lowest BCUT2D eigenvalue weighted by Gasteiger charge is -2.29. The third kappa shape index (κ3) is 2.88. The van der Waals surface area contributed by atoms with Crippen LogP contribution in [0.3, 0.4) is 0 Å². The molecule has 1 aliphatic heterocycles. The molecule has 1 unspecified atom stereocenters. The summed E-state index contributed by atoms with van der Waals surface area (Å²) in [4.78, 5) is 13.5. The normalized spacial score (nSPS) is 24.3. The minimum Gasteiger partial charge on any atom is -0.478 e. The van der Waals surface area contributed by atoms with Crippen molar-refractivity contribution >= 4 is 5.97 Å². The zero-order chi connectivity index (χ0) is 13.9. The lowest BCUT2D eigenvalue weighted by molar-refractivity contribution is 0.0697. The van der Waals surface area contributed by atoms with E-state index in [1.165, 1.54) is 50.6 Å². The fraction of sp³-hybridized carbons (Fsp3) is 0.588. The second kappa shape index (κ2) is 5.96. The van der Waals surface area contributed by atoms with Gasteiger partial charge >= 0.3 is 5.97 Å². The Balaban J connectivity index is 1.65. The number of nitrogens with zero attached hydrogens (tertiary/aromatic N) is 1. The van der Waals surface area contributed by atoms with E-state index in [9.17, 15) is 4.79 Å². The molecule has 2 aliphatic rings. The Labute approximate surface area is 120 Å². The summed E-state index contributed by atoms with van der Waals surface area (Å²) in [6.45, 7) is 2.17. The highest BCUT2D eigenvalue weighted by Gasteiger charge is 2.32. The van der Waals surface area contributed by atoms with Crippen LogP contribution in [0, 0.1) is 5.92 Å². The molecule has 2 fully saturated rings. The van der Waals surface area contributed by atoms with E-state index in [1.54, 1.807) is 12.1 Å². The van der Waals surface area contributed by atoms with Gasteiger partial charge in [-0.05, 0) is 55.8 Å². The third-order valence-corrected chi connectivity index (χ3v) is 4.94. The number of likely N-dealkylation sites (tertiary alicyclic amines) is 1. The first kappa shape index (κ1) is 13.6. The number of rotatable bonds is 4. The van der Waals surface area contributed by atoms with Gasteiger partial charge in [0.05, 0.1) is 5.56 Å². The summed E-state index contributed by atoms with van der Waals surface area (Å²) in [7, 11) is 0. The molecule has 3 rings (SSSR count). The maximum Gasteiger partial charge on any atom is 0.335 e. The summed E-state index contributed by atoms with van der Waals surface area (Å²) in [6.07, 6.45) is 8.27. The van der Waals surface area contributed by atoms with Crippen LogP contribution in [0.2, 0.25) is 0 Å². The first-order chi connectivity index (χ1) is 9.74. The van der Waals surface area contributed by atoms with Crippen LogP contribution >= 0.6 is 0 Å². The van der Waals surface area contributed by atoms with Crippen LogP contribution in [0.5, 0.6) is 0 Å². The average Bonchev–Trinajstić information content (AvgIpc) is 3.09. The molecule has 1 N–H and O–H groups in total. The Morgan fingerprint density at radius 3 is 2.45 bits per heavy atom. The molecule has 108 valence electrons. The number of aromatic carboxylic acids is 1. The quantitative estimate of drug-likeness (QED) is 0.912. The van der Waals surface area contributed by atoms with E-state index in [2.05, 4.69) is 4.90 Å². The molecule has 0 amide bonds. The van der Waals surface area contributed by atoms with E-state index < -0.39 is 5.97 Å². The van der Waals surface area contributed by atoms with E-state index >= 15 is 0 Å². The van der Waals surface area contributed by atoms with Crippen LogP contribution < -0.4 is 0 Å². The standard InChI is InChI=1S/C17H23NO2/c19-17(20)15-9-7-13(8-10-15)12-18-11-3-6-16(18)14-4-1-2-5-14/h7-10,14,16H,1-6,11-12H2,(H,19,20). The molecule has 1 heterocycles. The third-order valence-electron chi connectivity index (χ3n) is 4.94. The molecule has 1 aliphatic carbocycles. The molecule has 0 radical (unpaired) electrons. The van der Waals surface area contributed by atoms with E-state index in [0.717, 1.165) is 18.5 Å². The number of carbonyl (C=O) groups is 1. The molecule has 0 aromatic heterocycles. The number of hydrogen-bond acceptors (Lipinski definition) is 2. The monoisotopic (exact) mass is 273 g/mol. The summed E-state index contributed by atoms with van der Waals surface area (Å²) in [6, 6.07) is 8.13. The van der Waals surface area contributed by atoms with Gasteiger partial charge in [0, 0.05) is 12.6 Å². The highest BCUT2D eigenvalue weighted by molar-refractivity contribution is 5.87. The fourth-order valence-electron chi connectivity index (χ4n) is 3.91. The zero-order valence-corrected chi connectivity index (χ0v) is 11.9. The smallest absolute Gasteiger partial charge is 0.335 e. The van der Waals surface area contributed by atoms with Gasteiger partial charge < -0.3 is 5.11 Å². The van der Waals surface area contributed by atoms with E-state index in [0.29, 0.717) is 5.56 Å². The topological polar surface area (TPSA) is 40.5 Å². The number of carboxylic acids is 1. The second-order valence-electron chi connectivity index (χ2n) is 6.23. The minimum atomic E-state index is -0.846. The lowest BCUT2D eigenvalue weighted by atomic mass is 9.95. The van der Waals surface area contributed by atoms with Gasteiger partial charge in [-0.15, -0.1) is 0 Å². The predicted molar refractivity (Wildman–Crippen MR) is 78.8 cm³/mol. The SMILES string of the molecule is O=C(O)c1ccc(CN2CCCC2C2CCCC2)cc1. The number of benzene rings is 1. The molecular formula is C17H23NO2. The van der Waals surface area contributed by atoms with Crippen molar-refractivity contribution in [1.82, 2.24) is 4.90 Å². The van der Waals surface area contributed by atoms with Gasteiger partial charge in [0.1, 0.15) is 0 Å². The molecule has 20 heavy (non-hydrogen) atoms. The van der Waals surface area contributed by atoms with Crippen LogP contribution in [-0.2, 0) is 6.54 Å². The Hall–Kier alpha value is -1.35. The maximum atomic E-state index is 10.9. The molecule has 0 spiro atoms. The lowest BCUT2D eigenvalue weighted by Crippen LogP contribution is -2.34. The van der Waals surface area contributed by atoms with Crippen molar-refractivity contribution in [2.45, 2.75) is 51.1 Å². The van der Waals surface area contributed by atoms with E-state index in [-0.39, 0.29) is 0 Å². The van der Waals surface area contributed by atoms with Crippen molar-refractivity contribution in [3.63, 3.8) is 0 Å². The zero-order valence-electron chi connectivity index (χ0n) is 11.9. The first-order valence-electron chi connectivity index (χ1n) is 7.80. The van der Waals surface area contributed by atoms with Crippen molar-refractivity contribution in [1.29, 1.82) is 0 Å². The predicted octanol–water partition coefficient (Wildman–Crippen LogP) is 3.54. The second-order valence-corrected chi connectivity index (χ2v) is 6.23. The molecule has 3 nitrogen and oxygen atoms in total. The van der Waals surface area contributed by atoms with Crippen LogP contribution in [0.15, 0.2) is 24.3 Å². The summed E-state index contributed by atoms with van der Waals surface area (Å²) in [5.74, 6) is 0.0531. The van der Waals surface area contributed by atoms with E-state index in [4.69, 9.17) is 5.11 Å². The summed E-state index contributed by atoms with van der Waals surface area (Å²) in [5.41, 5.74) is 1.61. The summed E-state index contributed by atoms with van der Waals surface area (Å²) >= 11 is 0. The van der Waals surface area contributed by atoms with Crippen molar-refractivity contribution in [2.24, 2.45) is 5.92 Å². The summed E-state index contributed by atoms with van der Waals surface area (Å²) < 4.78 is 0. The fourth-order valence-corrected chi connectivity index (χ4v) is 3.91. The molecule has 1 saturated carbocycles.